The Morgan fingerprint density at radius 3 is 2.56 bits per heavy atom. The number of hydrogen-bond donors (Lipinski definition) is 1. The van der Waals surface area contributed by atoms with Crippen molar-refractivity contribution in [2.24, 2.45) is 5.92 Å². The number of piperidine rings is 1. The Morgan fingerprint density at radius 1 is 1.08 bits per heavy atom. The van der Waals surface area contributed by atoms with E-state index in [1.165, 1.54) is 0 Å². The molecule has 0 spiro atoms. The van der Waals surface area contributed by atoms with Crippen LogP contribution in [0.5, 0.6) is 0 Å². The summed E-state index contributed by atoms with van der Waals surface area (Å²) in [6.07, 6.45) is 9.07. The van der Waals surface area contributed by atoms with Gasteiger partial charge in [-0.2, -0.15) is 0 Å². The molecule has 0 saturated carbocycles. The average Bonchev–Trinajstić information content (AvgIpc) is 3.16. The molecule has 1 aromatic carbocycles. The summed E-state index contributed by atoms with van der Waals surface area (Å²) in [5.41, 5.74) is 2.00. The fourth-order valence-electron chi connectivity index (χ4n) is 3.35. The summed E-state index contributed by atoms with van der Waals surface area (Å²) in [6, 6.07) is 10.0. The number of fused-ring (bicyclic) bond motifs is 1. The number of rotatable bonds is 4. The van der Waals surface area contributed by atoms with Gasteiger partial charge in [0, 0.05) is 50.3 Å². The second kappa shape index (κ2) is 6.93. The molecular formula is C19H21N5O. The predicted octanol–water partition coefficient (Wildman–Crippen LogP) is 2.26. The first-order valence-electron chi connectivity index (χ1n) is 8.65. The van der Waals surface area contributed by atoms with Crippen molar-refractivity contribution in [2.45, 2.75) is 19.4 Å². The van der Waals surface area contributed by atoms with Crippen LogP contribution in [-0.2, 0) is 11.3 Å². The van der Waals surface area contributed by atoms with E-state index < -0.39 is 0 Å². The zero-order valence-corrected chi connectivity index (χ0v) is 14.0. The van der Waals surface area contributed by atoms with Gasteiger partial charge in [-0.3, -0.25) is 4.79 Å². The molecule has 1 amide bonds. The molecule has 0 aliphatic carbocycles. The van der Waals surface area contributed by atoms with E-state index in [9.17, 15) is 4.79 Å². The van der Waals surface area contributed by atoms with Crippen molar-refractivity contribution in [3.8, 4) is 0 Å². The van der Waals surface area contributed by atoms with Crippen molar-refractivity contribution in [3.63, 3.8) is 0 Å². The Kier molecular flexibility index (Phi) is 4.33. The second-order valence-corrected chi connectivity index (χ2v) is 6.37. The van der Waals surface area contributed by atoms with E-state index in [1.807, 2.05) is 47.1 Å². The van der Waals surface area contributed by atoms with Gasteiger partial charge in [0.15, 0.2) is 11.5 Å². The summed E-state index contributed by atoms with van der Waals surface area (Å²) in [4.78, 5) is 23.5. The molecule has 6 nitrogen and oxygen atoms in total. The first kappa shape index (κ1) is 15.6. The maximum Gasteiger partial charge on any atom is 0.223 e. The first-order chi connectivity index (χ1) is 12.3. The van der Waals surface area contributed by atoms with Crippen molar-refractivity contribution in [2.75, 3.05) is 18.0 Å². The second-order valence-electron chi connectivity index (χ2n) is 6.37. The maximum atomic E-state index is 12.4. The van der Waals surface area contributed by atoms with Gasteiger partial charge >= 0.3 is 0 Å². The number of hydrogen-bond acceptors (Lipinski definition) is 4. The lowest BCUT2D eigenvalue weighted by molar-refractivity contribution is -0.125. The lowest BCUT2D eigenvalue weighted by atomic mass is 9.96. The molecule has 0 radical (unpaired) electrons. The number of imidazole rings is 1. The molecule has 6 heteroatoms. The van der Waals surface area contributed by atoms with Gasteiger partial charge in [0.25, 0.3) is 0 Å². The van der Waals surface area contributed by atoms with Gasteiger partial charge < -0.3 is 14.6 Å². The van der Waals surface area contributed by atoms with Gasteiger partial charge in [-0.15, -0.1) is 0 Å². The normalized spacial score (nSPS) is 15.4. The molecule has 25 heavy (non-hydrogen) atoms. The smallest absolute Gasteiger partial charge is 0.223 e. The highest BCUT2D eigenvalue weighted by Gasteiger charge is 2.26. The van der Waals surface area contributed by atoms with E-state index in [2.05, 4.69) is 20.2 Å². The fraction of sp³-hybridized carbons (Fsp3) is 0.316. The van der Waals surface area contributed by atoms with Crippen LogP contribution in [0, 0.1) is 5.92 Å². The highest BCUT2D eigenvalue weighted by Crippen LogP contribution is 2.24. The van der Waals surface area contributed by atoms with Crippen LogP contribution in [0.1, 0.15) is 18.4 Å². The van der Waals surface area contributed by atoms with Gasteiger partial charge in [0.1, 0.15) is 0 Å². The Hall–Kier alpha value is -2.89. The third kappa shape index (κ3) is 3.33. The number of carbonyl (C=O) groups excluding carboxylic acids is 1. The Bertz CT molecular complexity index is 852. The summed E-state index contributed by atoms with van der Waals surface area (Å²) in [5.74, 6) is 1.12. The molecule has 3 heterocycles. The highest BCUT2D eigenvalue weighted by atomic mass is 16.1. The fourth-order valence-corrected chi connectivity index (χ4v) is 3.35. The molecule has 1 aliphatic heterocycles. The molecule has 1 N–H and O–H groups in total. The van der Waals surface area contributed by atoms with Crippen molar-refractivity contribution >= 4 is 17.4 Å². The Labute approximate surface area is 146 Å². The van der Waals surface area contributed by atoms with E-state index in [0.717, 1.165) is 43.0 Å². The minimum absolute atomic E-state index is 0.0689. The van der Waals surface area contributed by atoms with Gasteiger partial charge in [0.2, 0.25) is 5.91 Å². The SMILES string of the molecule is O=C(NCc1ccccc1)C1CCN(c2nccn3ccnc23)CC1. The highest BCUT2D eigenvalue weighted by molar-refractivity contribution is 5.79. The molecular weight excluding hydrogens is 314 g/mol. The minimum Gasteiger partial charge on any atom is -0.353 e. The van der Waals surface area contributed by atoms with E-state index >= 15 is 0 Å². The van der Waals surface area contributed by atoms with Gasteiger partial charge in [-0.1, -0.05) is 30.3 Å². The molecule has 1 fully saturated rings. The quantitative estimate of drug-likeness (QED) is 0.794. The number of nitrogens with one attached hydrogen (secondary N) is 1. The lowest BCUT2D eigenvalue weighted by Gasteiger charge is -2.32. The zero-order valence-electron chi connectivity index (χ0n) is 14.0. The monoisotopic (exact) mass is 335 g/mol. The van der Waals surface area contributed by atoms with Crippen LogP contribution in [0.3, 0.4) is 0 Å². The zero-order chi connectivity index (χ0) is 17.1. The third-order valence-corrected chi connectivity index (χ3v) is 4.77. The molecule has 4 rings (SSSR count). The summed E-state index contributed by atoms with van der Waals surface area (Å²) >= 11 is 0. The van der Waals surface area contributed by atoms with Crippen LogP contribution in [0.4, 0.5) is 5.82 Å². The van der Waals surface area contributed by atoms with E-state index in [-0.39, 0.29) is 11.8 Å². The van der Waals surface area contributed by atoms with E-state index in [4.69, 9.17) is 0 Å². The third-order valence-electron chi connectivity index (χ3n) is 4.77. The standard InChI is InChI=1S/C19H21N5O/c25-19(22-14-15-4-2-1-3-5-15)16-6-10-23(11-7-16)17-18-21-9-13-24(18)12-8-20-17/h1-5,8-9,12-13,16H,6-7,10-11,14H2,(H,22,25). The lowest BCUT2D eigenvalue weighted by Crippen LogP contribution is -2.40. The summed E-state index contributed by atoms with van der Waals surface area (Å²) < 4.78 is 1.97. The van der Waals surface area contributed by atoms with Crippen molar-refractivity contribution in [1.29, 1.82) is 0 Å². The largest absolute Gasteiger partial charge is 0.353 e. The van der Waals surface area contributed by atoms with Gasteiger partial charge in [-0.25, -0.2) is 9.97 Å². The summed E-state index contributed by atoms with van der Waals surface area (Å²) in [7, 11) is 0. The van der Waals surface area contributed by atoms with Crippen LogP contribution in [0.2, 0.25) is 0 Å². The average molecular weight is 335 g/mol. The van der Waals surface area contributed by atoms with Crippen molar-refractivity contribution in [3.05, 3.63) is 60.7 Å². The number of carbonyl (C=O) groups is 1. The first-order valence-corrected chi connectivity index (χ1v) is 8.65. The Morgan fingerprint density at radius 2 is 1.80 bits per heavy atom. The van der Waals surface area contributed by atoms with E-state index in [1.54, 1.807) is 12.4 Å². The van der Waals surface area contributed by atoms with Crippen LogP contribution >= 0.6 is 0 Å². The van der Waals surface area contributed by atoms with Crippen molar-refractivity contribution < 1.29 is 4.79 Å². The molecule has 3 aromatic rings. The summed E-state index contributed by atoms with van der Waals surface area (Å²) in [6.45, 7) is 2.24. The number of benzene rings is 1. The number of nitrogens with zero attached hydrogens (tertiary/aromatic N) is 4. The van der Waals surface area contributed by atoms with Crippen LogP contribution in [0.25, 0.3) is 5.65 Å². The molecule has 2 aromatic heterocycles. The maximum absolute atomic E-state index is 12.4. The molecule has 128 valence electrons. The molecule has 0 atom stereocenters. The molecule has 0 bridgehead atoms. The Balaban J connectivity index is 1.35. The van der Waals surface area contributed by atoms with E-state index in [0.29, 0.717) is 6.54 Å². The minimum atomic E-state index is 0.0689. The van der Waals surface area contributed by atoms with Crippen molar-refractivity contribution in [1.82, 2.24) is 19.7 Å². The van der Waals surface area contributed by atoms with Gasteiger partial charge in [-0.05, 0) is 18.4 Å². The van der Waals surface area contributed by atoms with Gasteiger partial charge in [0.05, 0.1) is 0 Å². The number of aromatic nitrogens is 3. The summed E-state index contributed by atoms with van der Waals surface area (Å²) in [5, 5.41) is 3.06. The predicted molar refractivity (Wildman–Crippen MR) is 96.2 cm³/mol. The van der Waals surface area contributed by atoms with Crippen LogP contribution < -0.4 is 10.2 Å². The van der Waals surface area contributed by atoms with Crippen LogP contribution in [0.15, 0.2) is 55.1 Å². The molecule has 1 saturated heterocycles. The van der Waals surface area contributed by atoms with Crippen LogP contribution in [-0.4, -0.2) is 33.4 Å². The topological polar surface area (TPSA) is 62.5 Å². The number of anilines is 1. The molecule has 1 aliphatic rings. The molecule has 0 unspecified atom stereocenters. The number of amides is 1.